The van der Waals surface area contributed by atoms with E-state index < -0.39 is 0 Å². The normalized spacial score (nSPS) is 13.7. The molecule has 3 rings (SSSR count). The zero-order chi connectivity index (χ0) is 14.5. The Morgan fingerprint density at radius 2 is 2.00 bits per heavy atom. The molecule has 0 atom stereocenters. The molecule has 1 saturated carbocycles. The van der Waals surface area contributed by atoms with Crippen LogP contribution < -0.4 is 10.6 Å². The van der Waals surface area contributed by atoms with Crippen molar-refractivity contribution in [1.29, 1.82) is 0 Å². The van der Waals surface area contributed by atoms with E-state index >= 15 is 0 Å². The van der Waals surface area contributed by atoms with Gasteiger partial charge in [-0.1, -0.05) is 30.3 Å². The highest BCUT2D eigenvalue weighted by Crippen LogP contribution is 2.19. The first-order valence-electron chi connectivity index (χ1n) is 7.22. The van der Waals surface area contributed by atoms with Crippen LogP contribution in [0.3, 0.4) is 0 Å². The van der Waals surface area contributed by atoms with Gasteiger partial charge >= 0.3 is 0 Å². The SMILES string of the molecule is O=C(NC1CC1)c1cc(NCCc2ccccc2)ncn1. The van der Waals surface area contributed by atoms with Crippen LogP contribution in [0.4, 0.5) is 5.82 Å². The molecule has 1 aliphatic carbocycles. The lowest BCUT2D eigenvalue weighted by Crippen LogP contribution is -2.26. The Labute approximate surface area is 123 Å². The lowest BCUT2D eigenvalue weighted by molar-refractivity contribution is 0.0946. The Kier molecular flexibility index (Phi) is 4.09. The number of anilines is 1. The molecule has 108 valence electrons. The Bertz CT molecular complexity index is 611. The van der Waals surface area contributed by atoms with Gasteiger partial charge in [0.25, 0.3) is 5.91 Å². The minimum absolute atomic E-state index is 0.119. The summed E-state index contributed by atoms with van der Waals surface area (Å²) < 4.78 is 0. The van der Waals surface area contributed by atoms with Crippen LogP contribution >= 0.6 is 0 Å². The molecular weight excluding hydrogens is 264 g/mol. The minimum Gasteiger partial charge on any atom is -0.370 e. The second-order valence-electron chi connectivity index (χ2n) is 5.20. The van der Waals surface area contributed by atoms with Crippen molar-refractivity contribution in [3.8, 4) is 0 Å². The van der Waals surface area contributed by atoms with E-state index in [0.717, 1.165) is 25.8 Å². The van der Waals surface area contributed by atoms with Crippen LogP contribution in [0, 0.1) is 0 Å². The third kappa shape index (κ3) is 4.02. The van der Waals surface area contributed by atoms with E-state index in [1.54, 1.807) is 6.07 Å². The molecular formula is C16H18N4O. The van der Waals surface area contributed by atoms with Crippen molar-refractivity contribution in [3.05, 3.63) is 54.0 Å². The highest BCUT2D eigenvalue weighted by Gasteiger charge is 2.24. The number of benzene rings is 1. The summed E-state index contributed by atoms with van der Waals surface area (Å²) in [6, 6.07) is 12.3. The standard InChI is InChI=1S/C16H18N4O/c21-16(20-13-6-7-13)14-10-15(19-11-18-14)17-9-8-12-4-2-1-3-5-12/h1-5,10-11,13H,6-9H2,(H,20,21)(H,17,18,19). The fourth-order valence-corrected chi connectivity index (χ4v) is 2.04. The number of hydrogen-bond donors (Lipinski definition) is 2. The molecule has 1 aliphatic rings. The quantitative estimate of drug-likeness (QED) is 0.850. The Balaban J connectivity index is 1.54. The van der Waals surface area contributed by atoms with E-state index in [1.165, 1.54) is 11.9 Å². The first kappa shape index (κ1) is 13.5. The molecule has 1 heterocycles. The first-order valence-corrected chi connectivity index (χ1v) is 7.22. The van der Waals surface area contributed by atoms with Gasteiger partial charge in [0.2, 0.25) is 0 Å². The Morgan fingerprint density at radius 1 is 1.19 bits per heavy atom. The minimum atomic E-state index is -0.119. The molecule has 5 nitrogen and oxygen atoms in total. The summed E-state index contributed by atoms with van der Waals surface area (Å²) in [5.41, 5.74) is 1.69. The molecule has 21 heavy (non-hydrogen) atoms. The predicted octanol–water partition coefficient (Wildman–Crippen LogP) is 2.02. The maximum absolute atomic E-state index is 11.9. The molecule has 0 spiro atoms. The topological polar surface area (TPSA) is 66.9 Å². The van der Waals surface area contributed by atoms with Gasteiger partial charge in [-0.2, -0.15) is 0 Å². The van der Waals surface area contributed by atoms with E-state index in [1.807, 2.05) is 18.2 Å². The summed E-state index contributed by atoms with van der Waals surface area (Å²) in [6.07, 6.45) is 4.47. The lowest BCUT2D eigenvalue weighted by atomic mass is 10.1. The lowest BCUT2D eigenvalue weighted by Gasteiger charge is -2.07. The van der Waals surface area contributed by atoms with Gasteiger partial charge in [-0.25, -0.2) is 9.97 Å². The zero-order valence-electron chi connectivity index (χ0n) is 11.7. The molecule has 0 unspecified atom stereocenters. The summed E-state index contributed by atoms with van der Waals surface area (Å²) in [4.78, 5) is 20.1. The van der Waals surface area contributed by atoms with E-state index in [-0.39, 0.29) is 5.91 Å². The maximum atomic E-state index is 11.9. The third-order valence-corrected chi connectivity index (χ3v) is 3.37. The number of nitrogens with zero attached hydrogens (tertiary/aromatic N) is 2. The van der Waals surface area contributed by atoms with Crippen molar-refractivity contribution in [2.24, 2.45) is 0 Å². The maximum Gasteiger partial charge on any atom is 0.270 e. The first-order chi connectivity index (χ1) is 10.3. The van der Waals surface area contributed by atoms with E-state index in [4.69, 9.17) is 0 Å². The van der Waals surface area contributed by atoms with E-state index in [2.05, 4.69) is 32.7 Å². The molecule has 0 saturated heterocycles. The van der Waals surface area contributed by atoms with Crippen LogP contribution in [0.2, 0.25) is 0 Å². The second-order valence-corrected chi connectivity index (χ2v) is 5.20. The summed E-state index contributed by atoms with van der Waals surface area (Å²) in [6.45, 7) is 0.769. The van der Waals surface area contributed by atoms with E-state index in [9.17, 15) is 4.79 Å². The zero-order valence-corrected chi connectivity index (χ0v) is 11.7. The van der Waals surface area contributed by atoms with Gasteiger partial charge in [-0.05, 0) is 24.8 Å². The summed E-state index contributed by atoms with van der Waals surface area (Å²) >= 11 is 0. The predicted molar refractivity (Wildman–Crippen MR) is 81.2 cm³/mol. The molecule has 2 N–H and O–H groups in total. The van der Waals surface area contributed by atoms with Gasteiger partial charge in [0.1, 0.15) is 17.8 Å². The number of rotatable bonds is 6. The van der Waals surface area contributed by atoms with Crippen LogP contribution in [0.25, 0.3) is 0 Å². The van der Waals surface area contributed by atoms with Gasteiger partial charge in [0.15, 0.2) is 0 Å². The highest BCUT2D eigenvalue weighted by atomic mass is 16.2. The molecule has 0 bridgehead atoms. The second kappa shape index (κ2) is 6.35. The average Bonchev–Trinajstić information content (AvgIpc) is 3.33. The van der Waals surface area contributed by atoms with Gasteiger partial charge in [0, 0.05) is 18.7 Å². The third-order valence-electron chi connectivity index (χ3n) is 3.37. The Morgan fingerprint density at radius 3 is 2.76 bits per heavy atom. The summed E-state index contributed by atoms with van der Waals surface area (Å²) in [5.74, 6) is 0.563. The molecule has 1 amide bonds. The Hall–Kier alpha value is -2.43. The largest absolute Gasteiger partial charge is 0.370 e. The summed E-state index contributed by atoms with van der Waals surface area (Å²) in [5, 5.41) is 6.15. The number of nitrogens with one attached hydrogen (secondary N) is 2. The highest BCUT2D eigenvalue weighted by molar-refractivity contribution is 5.93. The van der Waals surface area contributed by atoms with Gasteiger partial charge in [-0.15, -0.1) is 0 Å². The van der Waals surface area contributed by atoms with Gasteiger partial charge in [0.05, 0.1) is 0 Å². The summed E-state index contributed by atoms with van der Waals surface area (Å²) in [7, 11) is 0. The van der Waals surface area contributed by atoms with Gasteiger partial charge in [-0.3, -0.25) is 4.79 Å². The van der Waals surface area contributed by atoms with Crippen LogP contribution in [0.1, 0.15) is 28.9 Å². The molecule has 0 aliphatic heterocycles. The number of carbonyl (C=O) groups excluding carboxylic acids is 1. The molecule has 1 aromatic carbocycles. The van der Waals surface area contributed by atoms with Crippen molar-refractivity contribution in [2.75, 3.05) is 11.9 Å². The molecule has 2 aromatic rings. The molecule has 1 fully saturated rings. The van der Waals surface area contributed by atoms with Crippen molar-refractivity contribution in [2.45, 2.75) is 25.3 Å². The molecule has 5 heteroatoms. The fourth-order valence-electron chi connectivity index (χ4n) is 2.04. The smallest absolute Gasteiger partial charge is 0.270 e. The number of hydrogen-bond acceptors (Lipinski definition) is 4. The van der Waals surface area contributed by atoms with Crippen molar-refractivity contribution in [1.82, 2.24) is 15.3 Å². The van der Waals surface area contributed by atoms with E-state index in [0.29, 0.717) is 17.6 Å². The van der Waals surface area contributed by atoms with Crippen LogP contribution in [0.5, 0.6) is 0 Å². The number of amides is 1. The van der Waals surface area contributed by atoms with Gasteiger partial charge < -0.3 is 10.6 Å². The fraction of sp³-hybridized carbons (Fsp3) is 0.312. The number of carbonyl (C=O) groups is 1. The number of aromatic nitrogens is 2. The van der Waals surface area contributed by atoms with Crippen LogP contribution in [-0.2, 0) is 6.42 Å². The molecule has 0 radical (unpaired) electrons. The molecule has 1 aromatic heterocycles. The van der Waals surface area contributed by atoms with Crippen LogP contribution in [-0.4, -0.2) is 28.5 Å². The van der Waals surface area contributed by atoms with Crippen molar-refractivity contribution >= 4 is 11.7 Å². The van der Waals surface area contributed by atoms with Crippen molar-refractivity contribution in [3.63, 3.8) is 0 Å². The monoisotopic (exact) mass is 282 g/mol. The van der Waals surface area contributed by atoms with Crippen LogP contribution in [0.15, 0.2) is 42.7 Å². The van der Waals surface area contributed by atoms with Crippen molar-refractivity contribution < 1.29 is 4.79 Å². The average molecular weight is 282 g/mol.